The Morgan fingerprint density at radius 1 is 0.839 bits per heavy atom. The van der Waals surface area contributed by atoms with Crippen LogP contribution in [0, 0.1) is 0 Å². The third kappa shape index (κ3) is 6.79. The molecule has 0 saturated heterocycles. The first-order valence-electron chi connectivity index (χ1n) is 9.73. The van der Waals surface area contributed by atoms with Gasteiger partial charge in [-0.3, -0.25) is 9.59 Å². The summed E-state index contributed by atoms with van der Waals surface area (Å²) < 4.78 is 11.4. The quantitative estimate of drug-likeness (QED) is 0.390. The summed E-state index contributed by atoms with van der Waals surface area (Å²) in [5, 5.41) is 2.81. The maximum atomic E-state index is 12.8. The third-order valence-corrected chi connectivity index (χ3v) is 5.21. The first kappa shape index (κ1) is 22.2. The molecule has 0 bridgehead atoms. The minimum absolute atomic E-state index is 0.0564. The Morgan fingerprint density at radius 2 is 1.48 bits per heavy atom. The van der Waals surface area contributed by atoms with E-state index < -0.39 is 0 Å². The number of anilines is 1. The Kier molecular flexibility index (Phi) is 7.95. The minimum atomic E-state index is -0.274. The molecule has 0 aliphatic heterocycles. The van der Waals surface area contributed by atoms with Gasteiger partial charge in [0.05, 0.1) is 5.56 Å². The van der Waals surface area contributed by atoms with E-state index in [4.69, 9.17) is 9.47 Å². The Hall–Kier alpha value is -3.45. The SMILES string of the molecule is CN(C)C(=O)Sc1ccc(NC(=O)c2ccccc2OCCOc2ccccc2)cc1. The summed E-state index contributed by atoms with van der Waals surface area (Å²) >= 11 is 1.13. The van der Waals surface area contributed by atoms with E-state index in [0.717, 1.165) is 22.4 Å². The van der Waals surface area contributed by atoms with Crippen molar-refractivity contribution in [3.8, 4) is 11.5 Å². The van der Waals surface area contributed by atoms with E-state index >= 15 is 0 Å². The van der Waals surface area contributed by atoms with Crippen molar-refractivity contribution in [2.45, 2.75) is 4.90 Å². The average molecular weight is 437 g/mol. The van der Waals surface area contributed by atoms with Gasteiger partial charge in [-0.2, -0.15) is 0 Å². The van der Waals surface area contributed by atoms with Crippen molar-refractivity contribution in [2.75, 3.05) is 32.6 Å². The largest absolute Gasteiger partial charge is 0.490 e. The molecule has 3 aromatic carbocycles. The predicted octanol–water partition coefficient (Wildman–Crippen LogP) is 5.17. The van der Waals surface area contributed by atoms with Crippen LogP contribution in [0.4, 0.5) is 10.5 Å². The highest BCUT2D eigenvalue weighted by Crippen LogP contribution is 2.24. The number of nitrogens with zero attached hydrogens (tertiary/aromatic N) is 1. The van der Waals surface area contributed by atoms with Crippen molar-refractivity contribution in [3.05, 3.63) is 84.4 Å². The minimum Gasteiger partial charge on any atom is -0.490 e. The number of benzene rings is 3. The smallest absolute Gasteiger partial charge is 0.285 e. The normalized spacial score (nSPS) is 10.3. The molecular formula is C24H24N2O4S. The van der Waals surface area contributed by atoms with E-state index in [9.17, 15) is 9.59 Å². The second-order valence-corrected chi connectivity index (χ2v) is 7.77. The van der Waals surface area contributed by atoms with Crippen LogP contribution >= 0.6 is 11.8 Å². The Bertz CT molecular complexity index is 1010. The number of carbonyl (C=O) groups is 2. The van der Waals surface area contributed by atoms with Crippen LogP contribution in [0.1, 0.15) is 10.4 Å². The zero-order valence-corrected chi connectivity index (χ0v) is 18.2. The van der Waals surface area contributed by atoms with Gasteiger partial charge < -0.3 is 19.7 Å². The topological polar surface area (TPSA) is 67.9 Å². The first-order chi connectivity index (χ1) is 15.0. The number of hydrogen-bond acceptors (Lipinski definition) is 5. The Balaban J connectivity index is 1.56. The molecule has 0 aliphatic carbocycles. The molecule has 31 heavy (non-hydrogen) atoms. The molecule has 7 heteroatoms. The third-order valence-electron chi connectivity index (χ3n) is 4.17. The van der Waals surface area contributed by atoms with E-state index in [1.54, 1.807) is 56.6 Å². The number of amides is 2. The maximum Gasteiger partial charge on any atom is 0.285 e. The summed E-state index contributed by atoms with van der Waals surface area (Å²) in [6.45, 7) is 0.676. The molecule has 160 valence electrons. The van der Waals surface area contributed by atoms with Gasteiger partial charge in [0.25, 0.3) is 11.1 Å². The lowest BCUT2D eigenvalue weighted by molar-refractivity contribution is 0.102. The van der Waals surface area contributed by atoms with E-state index in [1.807, 2.05) is 36.4 Å². The lowest BCUT2D eigenvalue weighted by Crippen LogP contribution is -2.16. The molecule has 3 rings (SSSR count). The maximum absolute atomic E-state index is 12.8. The van der Waals surface area contributed by atoms with Crippen molar-refractivity contribution in [2.24, 2.45) is 0 Å². The summed E-state index contributed by atoms with van der Waals surface area (Å²) in [5.41, 5.74) is 1.07. The number of thioether (sulfide) groups is 1. The standard InChI is InChI=1S/C24H24N2O4S/c1-26(2)24(28)31-20-14-12-18(13-15-20)25-23(27)21-10-6-7-11-22(21)30-17-16-29-19-8-4-3-5-9-19/h3-15H,16-17H2,1-2H3,(H,25,27). The molecule has 0 spiro atoms. The van der Waals surface area contributed by atoms with Crippen LogP contribution in [-0.2, 0) is 0 Å². The monoisotopic (exact) mass is 436 g/mol. The lowest BCUT2D eigenvalue weighted by Gasteiger charge is -2.13. The van der Waals surface area contributed by atoms with E-state index in [1.165, 1.54) is 4.90 Å². The van der Waals surface area contributed by atoms with Gasteiger partial charge >= 0.3 is 0 Å². The fourth-order valence-corrected chi connectivity index (χ4v) is 3.26. The highest BCUT2D eigenvalue weighted by molar-refractivity contribution is 8.13. The van der Waals surface area contributed by atoms with Crippen LogP contribution in [0.3, 0.4) is 0 Å². The van der Waals surface area contributed by atoms with Gasteiger partial charge in [-0.1, -0.05) is 30.3 Å². The van der Waals surface area contributed by atoms with E-state index in [-0.39, 0.29) is 11.1 Å². The molecule has 0 fully saturated rings. The average Bonchev–Trinajstić information content (AvgIpc) is 2.79. The number of rotatable bonds is 8. The molecule has 0 atom stereocenters. The number of hydrogen-bond donors (Lipinski definition) is 1. The first-order valence-corrected chi connectivity index (χ1v) is 10.5. The van der Waals surface area contributed by atoms with Crippen LogP contribution in [0.2, 0.25) is 0 Å². The fourth-order valence-electron chi connectivity index (χ4n) is 2.60. The van der Waals surface area contributed by atoms with Gasteiger partial charge in [0, 0.05) is 24.7 Å². The number of para-hydroxylation sites is 2. The van der Waals surface area contributed by atoms with Gasteiger partial charge in [-0.05, 0) is 60.3 Å². The number of nitrogens with one attached hydrogen (secondary N) is 1. The lowest BCUT2D eigenvalue weighted by atomic mass is 10.2. The second kappa shape index (κ2) is 11.1. The zero-order valence-electron chi connectivity index (χ0n) is 17.4. The summed E-state index contributed by atoms with van der Waals surface area (Å²) in [4.78, 5) is 26.9. The molecule has 6 nitrogen and oxygen atoms in total. The second-order valence-electron chi connectivity index (χ2n) is 6.75. The van der Waals surface area contributed by atoms with Crippen LogP contribution < -0.4 is 14.8 Å². The summed E-state index contributed by atoms with van der Waals surface area (Å²) in [7, 11) is 3.41. The van der Waals surface area contributed by atoms with Gasteiger partial charge in [-0.25, -0.2) is 0 Å². The van der Waals surface area contributed by atoms with E-state index in [2.05, 4.69) is 5.32 Å². The molecule has 0 unspecified atom stereocenters. The van der Waals surface area contributed by atoms with Gasteiger partial charge in [0.15, 0.2) is 0 Å². The Labute approximate surface area is 186 Å². The zero-order chi connectivity index (χ0) is 22.1. The van der Waals surface area contributed by atoms with Gasteiger partial charge in [0.2, 0.25) is 0 Å². The van der Waals surface area contributed by atoms with Crippen LogP contribution in [0.15, 0.2) is 83.8 Å². The van der Waals surface area contributed by atoms with Crippen LogP contribution in [0.25, 0.3) is 0 Å². The predicted molar refractivity (Wildman–Crippen MR) is 123 cm³/mol. The molecular weight excluding hydrogens is 412 g/mol. The van der Waals surface area contributed by atoms with Crippen molar-refractivity contribution in [1.82, 2.24) is 4.90 Å². The highest BCUT2D eigenvalue weighted by atomic mass is 32.2. The molecule has 1 N–H and O–H groups in total. The van der Waals surface area contributed by atoms with Gasteiger partial charge in [-0.15, -0.1) is 0 Å². The molecule has 0 heterocycles. The molecule has 0 aromatic heterocycles. The van der Waals surface area contributed by atoms with E-state index in [0.29, 0.717) is 30.2 Å². The van der Waals surface area contributed by atoms with Crippen LogP contribution in [-0.4, -0.2) is 43.4 Å². The van der Waals surface area contributed by atoms with Crippen molar-refractivity contribution < 1.29 is 19.1 Å². The molecule has 0 radical (unpaired) electrons. The number of carbonyl (C=O) groups excluding carboxylic acids is 2. The molecule has 0 saturated carbocycles. The summed E-state index contributed by atoms with van der Waals surface area (Å²) in [5.74, 6) is 0.982. The van der Waals surface area contributed by atoms with Crippen molar-refractivity contribution >= 4 is 28.6 Å². The molecule has 3 aromatic rings. The Morgan fingerprint density at radius 3 is 2.19 bits per heavy atom. The number of ether oxygens (including phenoxy) is 2. The van der Waals surface area contributed by atoms with Crippen LogP contribution in [0.5, 0.6) is 11.5 Å². The fraction of sp³-hybridized carbons (Fsp3) is 0.167. The van der Waals surface area contributed by atoms with Crippen molar-refractivity contribution in [1.29, 1.82) is 0 Å². The molecule has 0 aliphatic rings. The van der Waals surface area contributed by atoms with Crippen molar-refractivity contribution in [3.63, 3.8) is 0 Å². The molecule has 2 amide bonds. The summed E-state index contributed by atoms with van der Waals surface area (Å²) in [6.07, 6.45) is 0. The highest BCUT2D eigenvalue weighted by Gasteiger charge is 2.13. The van der Waals surface area contributed by atoms with Gasteiger partial charge in [0.1, 0.15) is 24.7 Å². The summed E-state index contributed by atoms with van der Waals surface area (Å²) in [6, 6.07) is 23.7.